The van der Waals surface area contributed by atoms with Crippen molar-refractivity contribution in [2.45, 2.75) is 31.7 Å². The van der Waals surface area contributed by atoms with E-state index < -0.39 is 5.85 Å². The van der Waals surface area contributed by atoms with Gasteiger partial charge in [0.1, 0.15) is 6.10 Å². The van der Waals surface area contributed by atoms with Crippen molar-refractivity contribution in [1.82, 2.24) is 0 Å². The van der Waals surface area contributed by atoms with Crippen LogP contribution in [0.3, 0.4) is 0 Å². The summed E-state index contributed by atoms with van der Waals surface area (Å²) in [6, 6.07) is 14.5. The van der Waals surface area contributed by atoms with Crippen molar-refractivity contribution < 1.29 is 9.13 Å². The molecule has 1 aliphatic carbocycles. The monoisotopic (exact) mass is 280 g/mol. The number of ether oxygens (including phenoxy) is 1. The van der Waals surface area contributed by atoms with E-state index >= 15 is 0 Å². The zero-order valence-corrected chi connectivity index (χ0v) is 12.0. The van der Waals surface area contributed by atoms with Crippen molar-refractivity contribution in [2.75, 3.05) is 0 Å². The second-order valence-corrected chi connectivity index (χ2v) is 5.79. The molecule has 2 aliphatic rings. The number of alkyl halides is 1. The van der Waals surface area contributed by atoms with E-state index in [1.165, 1.54) is 5.56 Å². The number of halogens is 1. The molecule has 1 aliphatic heterocycles. The van der Waals surface area contributed by atoms with Crippen molar-refractivity contribution in [2.24, 2.45) is 0 Å². The van der Waals surface area contributed by atoms with Crippen molar-refractivity contribution in [3.05, 3.63) is 65.2 Å². The van der Waals surface area contributed by atoms with E-state index in [4.69, 9.17) is 4.74 Å². The number of epoxide rings is 1. The van der Waals surface area contributed by atoms with E-state index in [2.05, 4.69) is 31.2 Å². The molecule has 2 aromatic rings. The maximum atomic E-state index is 14.3. The van der Waals surface area contributed by atoms with E-state index in [-0.39, 0.29) is 6.10 Å². The first-order chi connectivity index (χ1) is 10.2. The van der Waals surface area contributed by atoms with Crippen LogP contribution in [0.1, 0.15) is 30.0 Å². The van der Waals surface area contributed by atoms with Crippen molar-refractivity contribution in [3.63, 3.8) is 0 Å². The summed E-state index contributed by atoms with van der Waals surface area (Å²) in [5, 5.41) is 0. The third kappa shape index (κ3) is 2.02. The van der Waals surface area contributed by atoms with Gasteiger partial charge in [0.05, 0.1) is 0 Å². The molecule has 21 heavy (non-hydrogen) atoms. The molecule has 0 aromatic heterocycles. The number of rotatable bonds is 3. The third-order valence-electron chi connectivity index (χ3n) is 4.30. The van der Waals surface area contributed by atoms with E-state index in [0.717, 1.165) is 29.5 Å². The summed E-state index contributed by atoms with van der Waals surface area (Å²) < 4.78 is 19.5. The van der Waals surface area contributed by atoms with Crippen molar-refractivity contribution in [3.8, 4) is 11.1 Å². The second-order valence-electron chi connectivity index (χ2n) is 5.79. The number of benzene rings is 2. The van der Waals surface area contributed by atoms with Crippen LogP contribution in [0.2, 0.25) is 0 Å². The molecule has 2 unspecified atom stereocenters. The van der Waals surface area contributed by atoms with Gasteiger partial charge in [-0.3, -0.25) is 0 Å². The van der Waals surface area contributed by atoms with E-state index in [0.29, 0.717) is 5.56 Å². The first kappa shape index (κ1) is 12.8. The summed E-state index contributed by atoms with van der Waals surface area (Å²) in [5.74, 6) is -1.58. The number of hydrogen-bond acceptors (Lipinski definition) is 1. The summed E-state index contributed by atoms with van der Waals surface area (Å²) >= 11 is 0. The number of fused-ring (bicyclic) bond motifs is 3. The van der Waals surface area contributed by atoms with E-state index in [1.54, 1.807) is 6.08 Å². The van der Waals surface area contributed by atoms with Gasteiger partial charge in [0, 0.05) is 5.56 Å². The van der Waals surface area contributed by atoms with Crippen LogP contribution in [0.5, 0.6) is 0 Å². The Balaban J connectivity index is 1.69. The molecule has 0 saturated carbocycles. The summed E-state index contributed by atoms with van der Waals surface area (Å²) in [4.78, 5) is 0. The Morgan fingerprint density at radius 3 is 2.62 bits per heavy atom. The first-order valence-corrected chi connectivity index (χ1v) is 7.49. The second kappa shape index (κ2) is 4.54. The summed E-state index contributed by atoms with van der Waals surface area (Å²) in [6.45, 7) is 2.18. The van der Waals surface area contributed by atoms with Gasteiger partial charge in [-0.1, -0.05) is 55.8 Å². The van der Waals surface area contributed by atoms with Crippen molar-refractivity contribution in [1.29, 1.82) is 0 Å². The molecule has 106 valence electrons. The molecule has 0 radical (unpaired) electrons. The standard InChI is InChI=1S/C19H17FO/c1-2-3-13-4-6-14(7-5-13)15-8-10-17-16(12-15)9-11-18-19(17,20)21-18/h4-12,18H,2-3H2,1H3. The minimum absolute atomic E-state index is 0.385. The fourth-order valence-electron chi connectivity index (χ4n) is 3.06. The number of hydrogen-bond donors (Lipinski definition) is 0. The van der Waals surface area contributed by atoms with Gasteiger partial charge in [0.2, 0.25) is 0 Å². The molecule has 2 heteroatoms. The van der Waals surface area contributed by atoms with Crippen LogP contribution in [0, 0.1) is 0 Å². The lowest BCUT2D eigenvalue weighted by molar-refractivity contribution is 0.141. The molecule has 4 rings (SSSR count). The van der Waals surface area contributed by atoms with E-state index in [9.17, 15) is 4.39 Å². The van der Waals surface area contributed by atoms with Crippen LogP contribution in [0.25, 0.3) is 17.2 Å². The lowest BCUT2D eigenvalue weighted by atomic mass is 9.92. The highest BCUT2D eigenvalue weighted by molar-refractivity contribution is 5.71. The van der Waals surface area contributed by atoms with Crippen LogP contribution >= 0.6 is 0 Å². The highest BCUT2D eigenvalue weighted by atomic mass is 19.2. The molecule has 0 N–H and O–H groups in total. The average molecular weight is 280 g/mol. The maximum Gasteiger partial charge on any atom is 0.267 e. The Kier molecular flexibility index (Phi) is 2.76. The van der Waals surface area contributed by atoms with Gasteiger partial charge >= 0.3 is 0 Å². The Labute approximate surface area is 124 Å². The summed E-state index contributed by atoms with van der Waals surface area (Å²) in [7, 11) is 0. The Morgan fingerprint density at radius 1 is 1.10 bits per heavy atom. The Morgan fingerprint density at radius 2 is 1.86 bits per heavy atom. The number of aryl methyl sites for hydroxylation is 1. The molecule has 1 heterocycles. The largest absolute Gasteiger partial charge is 0.326 e. The van der Waals surface area contributed by atoms with Gasteiger partial charge in [0.25, 0.3) is 5.85 Å². The highest BCUT2D eigenvalue weighted by Gasteiger charge is 2.60. The summed E-state index contributed by atoms with van der Waals surface area (Å²) in [5.41, 5.74) is 5.21. The van der Waals surface area contributed by atoms with Crippen molar-refractivity contribution >= 4 is 6.08 Å². The van der Waals surface area contributed by atoms with Gasteiger partial charge in [-0.05, 0) is 40.8 Å². The molecule has 0 bridgehead atoms. The first-order valence-electron chi connectivity index (χ1n) is 7.49. The van der Waals surface area contributed by atoms with Crippen LogP contribution < -0.4 is 0 Å². The van der Waals surface area contributed by atoms with Gasteiger partial charge < -0.3 is 4.74 Å². The molecule has 1 nitrogen and oxygen atoms in total. The van der Waals surface area contributed by atoms with Crippen LogP contribution in [0.15, 0.2) is 48.5 Å². The predicted molar refractivity (Wildman–Crippen MR) is 82.6 cm³/mol. The quantitative estimate of drug-likeness (QED) is 0.732. The highest BCUT2D eigenvalue weighted by Crippen LogP contribution is 2.52. The molecular weight excluding hydrogens is 263 g/mol. The zero-order chi connectivity index (χ0) is 14.4. The zero-order valence-electron chi connectivity index (χ0n) is 12.0. The predicted octanol–water partition coefficient (Wildman–Crippen LogP) is 4.85. The molecule has 0 amide bonds. The maximum absolute atomic E-state index is 14.3. The minimum Gasteiger partial charge on any atom is -0.326 e. The van der Waals surface area contributed by atoms with Crippen LogP contribution in [-0.2, 0) is 17.0 Å². The van der Waals surface area contributed by atoms with Crippen LogP contribution in [-0.4, -0.2) is 6.10 Å². The SMILES string of the molecule is CCCc1ccc(-c2ccc3c(c2)C=CC2OC32F)cc1. The van der Waals surface area contributed by atoms with Gasteiger partial charge in [0.15, 0.2) is 0 Å². The average Bonchev–Trinajstić information content (AvgIpc) is 3.20. The smallest absolute Gasteiger partial charge is 0.267 e. The Bertz CT molecular complexity index is 717. The normalized spacial score (nSPS) is 25.3. The van der Waals surface area contributed by atoms with E-state index in [1.807, 2.05) is 24.3 Å². The third-order valence-corrected chi connectivity index (χ3v) is 4.30. The van der Waals surface area contributed by atoms with Gasteiger partial charge in [-0.15, -0.1) is 0 Å². The van der Waals surface area contributed by atoms with Gasteiger partial charge in [-0.2, -0.15) is 0 Å². The molecule has 0 spiro atoms. The fourth-order valence-corrected chi connectivity index (χ4v) is 3.06. The Hall–Kier alpha value is -1.93. The van der Waals surface area contributed by atoms with Gasteiger partial charge in [-0.25, -0.2) is 4.39 Å². The molecule has 2 atom stereocenters. The molecular formula is C19H17FO. The lowest BCUT2D eigenvalue weighted by Crippen LogP contribution is -2.09. The molecule has 2 aromatic carbocycles. The van der Waals surface area contributed by atoms with Crippen LogP contribution in [0.4, 0.5) is 4.39 Å². The molecule has 1 saturated heterocycles. The lowest BCUT2D eigenvalue weighted by Gasteiger charge is -2.13. The minimum atomic E-state index is -1.58. The topological polar surface area (TPSA) is 12.5 Å². The molecule has 1 fully saturated rings. The summed E-state index contributed by atoms with van der Waals surface area (Å²) in [6.07, 6.45) is 5.64. The fraction of sp³-hybridized carbons (Fsp3) is 0.263.